The standard InChI is InChI=1S/C20H29N3O3.HI/c1-15(2)13-22-20(21-10-9-17-6-5-11-26-17)23-14-16-7-8-18(24-3)12-19(16)25-4;/h5-8,11-12,15H,9-10,13-14H2,1-4H3,(H2,21,22,23);1H. The molecule has 0 fully saturated rings. The van der Waals surface area contributed by atoms with Crippen LogP contribution in [0, 0.1) is 5.92 Å². The molecule has 2 rings (SSSR count). The third kappa shape index (κ3) is 8.11. The minimum atomic E-state index is 0. The van der Waals surface area contributed by atoms with Crippen molar-refractivity contribution in [3.63, 3.8) is 0 Å². The Labute approximate surface area is 178 Å². The fourth-order valence-corrected chi connectivity index (χ4v) is 2.38. The van der Waals surface area contributed by atoms with Gasteiger partial charge in [0, 0.05) is 31.1 Å². The van der Waals surface area contributed by atoms with Crippen molar-refractivity contribution in [3.8, 4) is 11.5 Å². The number of furan rings is 1. The van der Waals surface area contributed by atoms with Crippen molar-refractivity contribution < 1.29 is 13.9 Å². The van der Waals surface area contributed by atoms with Crippen molar-refractivity contribution in [2.75, 3.05) is 27.3 Å². The van der Waals surface area contributed by atoms with E-state index in [1.54, 1.807) is 20.5 Å². The van der Waals surface area contributed by atoms with Crippen LogP contribution in [0.4, 0.5) is 0 Å². The molecule has 0 unspecified atom stereocenters. The van der Waals surface area contributed by atoms with E-state index in [1.165, 1.54) is 0 Å². The Balaban J connectivity index is 0.00000364. The van der Waals surface area contributed by atoms with E-state index in [1.807, 2.05) is 30.3 Å². The van der Waals surface area contributed by atoms with Gasteiger partial charge in [-0.1, -0.05) is 13.8 Å². The van der Waals surface area contributed by atoms with E-state index >= 15 is 0 Å². The molecule has 0 spiro atoms. The summed E-state index contributed by atoms with van der Waals surface area (Å²) in [6.45, 7) is 6.45. The van der Waals surface area contributed by atoms with Gasteiger partial charge in [0.25, 0.3) is 0 Å². The highest BCUT2D eigenvalue weighted by Gasteiger charge is 2.06. The third-order valence-corrected chi connectivity index (χ3v) is 3.82. The molecular weight excluding hydrogens is 457 g/mol. The SMILES string of the molecule is COc1ccc(CN=C(NCCc2ccco2)NCC(C)C)c(OC)c1.I. The number of halogens is 1. The summed E-state index contributed by atoms with van der Waals surface area (Å²) >= 11 is 0. The second kappa shape index (κ2) is 12.5. The Morgan fingerprint density at radius 2 is 1.96 bits per heavy atom. The van der Waals surface area contributed by atoms with Gasteiger partial charge in [-0.2, -0.15) is 0 Å². The number of aliphatic imine (C=N–C) groups is 1. The smallest absolute Gasteiger partial charge is 0.191 e. The summed E-state index contributed by atoms with van der Waals surface area (Å²) in [4.78, 5) is 4.69. The highest BCUT2D eigenvalue weighted by Crippen LogP contribution is 2.25. The first kappa shape index (κ1) is 23.1. The summed E-state index contributed by atoms with van der Waals surface area (Å²) in [5, 5.41) is 6.73. The number of hydrogen-bond donors (Lipinski definition) is 2. The average molecular weight is 487 g/mol. The van der Waals surface area contributed by atoms with Crippen molar-refractivity contribution in [2.45, 2.75) is 26.8 Å². The maximum Gasteiger partial charge on any atom is 0.191 e. The maximum absolute atomic E-state index is 5.45. The molecule has 150 valence electrons. The monoisotopic (exact) mass is 487 g/mol. The van der Waals surface area contributed by atoms with Gasteiger partial charge in [-0.3, -0.25) is 0 Å². The second-order valence-corrected chi connectivity index (χ2v) is 6.37. The van der Waals surface area contributed by atoms with Gasteiger partial charge in [0.2, 0.25) is 0 Å². The quantitative estimate of drug-likeness (QED) is 0.320. The highest BCUT2D eigenvalue weighted by atomic mass is 127. The number of guanidine groups is 1. The number of nitrogens with zero attached hydrogens (tertiary/aromatic N) is 1. The minimum Gasteiger partial charge on any atom is -0.497 e. The van der Waals surface area contributed by atoms with Gasteiger partial charge in [-0.25, -0.2) is 4.99 Å². The van der Waals surface area contributed by atoms with E-state index in [0.717, 1.165) is 48.3 Å². The summed E-state index contributed by atoms with van der Waals surface area (Å²) in [7, 11) is 3.30. The van der Waals surface area contributed by atoms with Crippen LogP contribution < -0.4 is 20.1 Å². The second-order valence-electron chi connectivity index (χ2n) is 6.37. The summed E-state index contributed by atoms with van der Waals surface area (Å²) in [6.07, 6.45) is 2.50. The van der Waals surface area contributed by atoms with E-state index in [-0.39, 0.29) is 24.0 Å². The molecule has 1 aromatic heterocycles. The predicted molar refractivity (Wildman–Crippen MR) is 119 cm³/mol. The van der Waals surface area contributed by atoms with Crippen molar-refractivity contribution in [2.24, 2.45) is 10.9 Å². The molecule has 7 heteroatoms. The largest absolute Gasteiger partial charge is 0.497 e. The summed E-state index contributed by atoms with van der Waals surface area (Å²) in [5.41, 5.74) is 1.00. The molecule has 1 aromatic carbocycles. The van der Waals surface area contributed by atoms with Crippen molar-refractivity contribution in [3.05, 3.63) is 47.9 Å². The maximum atomic E-state index is 5.45. The van der Waals surface area contributed by atoms with Crippen LogP contribution >= 0.6 is 24.0 Å². The van der Waals surface area contributed by atoms with E-state index in [4.69, 9.17) is 18.9 Å². The van der Waals surface area contributed by atoms with Crippen LogP contribution in [0.5, 0.6) is 11.5 Å². The van der Waals surface area contributed by atoms with Crippen molar-refractivity contribution >= 4 is 29.9 Å². The number of hydrogen-bond acceptors (Lipinski definition) is 4. The number of nitrogens with one attached hydrogen (secondary N) is 2. The zero-order valence-corrected chi connectivity index (χ0v) is 18.8. The first-order valence-corrected chi connectivity index (χ1v) is 8.87. The van der Waals surface area contributed by atoms with Gasteiger partial charge in [0.05, 0.1) is 27.0 Å². The van der Waals surface area contributed by atoms with Gasteiger partial charge in [-0.05, 0) is 30.2 Å². The molecule has 1 heterocycles. The first-order chi connectivity index (χ1) is 12.6. The molecule has 0 bridgehead atoms. The Kier molecular flexibility index (Phi) is 10.7. The van der Waals surface area contributed by atoms with Gasteiger partial charge in [-0.15, -0.1) is 24.0 Å². The van der Waals surface area contributed by atoms with E-state index < -0.39 is 0 Å². The minimum absolute atomic E-state index is 0. The molecule has 0 saturated heterocycles. The third-order valence-electron chi connectivity index (χ3n) is 3.82. The molecule has 0 aliphatic rings. The van der Waals surface area contributed by atoms with Gasteiger partial charge >= 0.3 is 0 Å². The van der Waals surface area contributed by atoms with Crippen LogP contribution in [0.2, 0.25) is 0 Å². The zero-order chi connectivity index (χ0) is 18.8. The van der Waals surface area contributed by atoms with Crippen LogP contribution in [-0.4, -0.2) is 33.3 Å². The van der Waals surface area contributed by atoms with Crippen LogP contribution in [0.15, 0.2) is 46.0 Å². The van der Waals surface area contributed by atoms with Gasteiger partial charge in [0.15, 0.2) is 5.96 Å². The Morgan fingerprint density at radius 3 is 2.59 bits per heavy atom. The molecule has 6 nitrogen and oxygen atoms in total. The first-order valence-electron chi connectivity index (χ1n) is 8.87. The van der Waals surface area contributed by atoms with E-state index in [0.29, 0.717) is 12.5 Å². The molecule has 0 aliphatic carbocycles. The lowest BCUT2D eigenvalue weighted by atomic mass is 10.2. The average Bonchev–Trinajstić information content (AvgIpc) is 3.16. The van der Waals surface area contributed by atoms with Gasteiger partial charge in [0.1, 0.15) is 17.3 Å². The molecule has 2 aromatic rings. The fraction of sp³-hybridized carbons (Fsp3) is 0.450. The number of ether oxygens (including phenoxy) is 2. The Bertz CT molecular complexity index is 688. The van der Waals surface area contributed by atoms with Crippen LogP contribution in [0.25, 0.3) is 0 Å². The lowest BCUT2D eigenvalue weighted by Gasteiger charge is -2.14. The number of rotatable bonds is 9. The molecule has 0 aliphatic heterocycles. The predicted octanol–water partition coefficient (Wildman–Crippen LogP) is 3.85. The highest BCUT2D eigenvalue weighted by molar-refractivity contribution is 14.0. The summed E-state index contributed by atoms with van der Waals surface area (Å²) in [6, 6.07) is 9.64. The Morgan fingerprint density at radius 1 is 1.15 bits per heavy atom. The molecule has 27 heavy (non-hydrogen) atoms. The van der Waals surface area contributed by atoms with E-state index in [2.05, 4.69) is 24.5 Å². The number of methoxy groups -OCH3 is 2. The summed E-state index contributed by atoms with van der Waals surface area (Å²) in [5.74, 6) is 3.81. The van der Waals surface area contributed by atoms with Gasteiger partial charge < -0.3 is 24.5 Å². The van der Waals surface area contributed by atoms with Crippen LogP contribution in [0.1, 0.15) is 25.2 Å². The molecule has 2 N–H and O–H groups in total. The topological polar surface area (TPSA) is 68.0 Å². The van der Waals surface area contributed by atoms with Crippen molar-refractivity contribution in [1.29, 1.82) is 0 Å². The molecule has 0 radical (unpaired) electrons. The van der Waals surface area contributed by atoms with Crippen LogP contribution in [-0.2, 0) is 13.0 Å². The fourth-order valence-electron chi connectivity index (χ4n) is 2.38. The lowest BCUT2D eigenvalue weighted by Crippen LogP contribution is -2.40. The van der Waals surface area contributed by atoms with Crippen molar-refractivity contribution in [1.82, 2.24) is 10.6 Å². The lowest BCUT2D eigenvalue weighted by molar-refractivity contribution is 0.391. The molecule has 0 saturated carbocycles. The number of benzene rings is 1. The molecule has 0 atom stereocenters. The Hall–Kier alpha value is -1.90. The zero-order valence-electron chi connectivity index (χ0n) is 16.5. The van der Waals surface area contributed by atoms with E-state index in [9.17, 15) is 0 Å². The molecule has 0 amide bonds. The molecular formula is C20H30IN3O3. The normalized spacial score (nSPS) is 11.1. The van der Waals surface area contributed by atoms with Crippen LogP contribution in [0.3, 0.4) is 0 Å². The summed E-state index contributed by atoms with van der Waals surface area (Å²) < 4.78 is 16.1.